The number of nitrogens with zero attached hydrogens (tertiary/aromatic N) is 2. The van der Waals surface area contributed by atoms with Crippen LogP contribution in [0.4, 0.5) is 0 Å². The van der Waals surface area contributed by atoms with Crippen LogP contribution in [-0.4, -0.2) is 15.9 Å². The van der Waals surface area contributed by atoms with Gasteiger partial charge in [0, 0.05) is 12.8 Å². The number of carbonyl (C=O) groups excluding carboxylic acids is 1. The highest BCUT2D eigenvalue weighted by molar-refractivity contribution is 5.89. The third-order valence-electron chi connectivity index (χ3n) is 3.45. The molecule has 1 aromatic heterocycles. The molecule has 0 N–H and O–H groups in total. The van der Waals surface area contributed by atoms with E-state index >= 15 is 0 Å². The number of carbonyl (C=O) groups is 1. The van der Waals surface area contributed by atoms with Gasteiger partial charge in [-0.15, -0.1) is 0 Å². The Morgan fingerprint density at radius 2 is 2.00 bits per heavy atom. The molecular weight excluding hydrogens is 204 g/mol. The number of ketones is 1. The smallest absolute Gasteiger partial charge is 0.293 e. The molecule has 0 atom stereocenters. The van der Waals surface area contributed by atoms with Gasteiger partial charge in [-0.05, 0) is 31.1 Å². The lowest BCUT2D eigenvalue weighted by Crippen LogP contribution is -2.20. The van der Waals surface area contributed by atoms with Crippen molar-refractivity contribution in [2.45, 2.75) is 52.4 Å². The molecule has 16 heavy (non-hydrogen) atoms. The minimum atomic E-state index is -0.158. The summed E-state index contributed by atoms with van der Waals surface area (Å²) in [4.78, 5) is 15.2. The Morgan fingerprint density at radius 3 is 2.50 bits per heavy atom. The molecule has 4 heteroatoms. The summed E-state index contributed by atoms with van der Waals surface area (Å²) < 4.78 is 4.92. The van der Waals surface area contributed by atoms with Crippen LogP contribution in [0.5, 0.6) is 0 Å². The van der Waals surface area contributed by atoms with E-state index in [1.807, 2.05) is 0 Å². The summed E-state index contributed by atoms with van der Waals surface area (Å²) in [6.07, 6.45) is 4.54. The summed E-state index contributed by atoms with van der Waals surface area (Å²) in [6.45, 7) is 6.03. The van der Waals surface area contributed by atoms with Crippen LogP contribution in [0.15, 0.2) is 4.52 Å². The van der Waals surface area contributed by atoms with Crippen molar-refractivity contribution in [3.63, 3.8) is 0 Å². The first kappa shape index (κ1) is 11.3. The topological polar surface area (TPSA) is 56.0 Å². The van der Waals surface area contributed by atoms with Crippen LogP contribution >= 0.6 is 0 Å². The van der Waals surface area contributed by atoms with Crippen molar-refractivity contribution >= 4 is 5.78 Å². The molecule has 1 heterocycles. The van der Waals surface area contributed by atoms with Gasteiger partial charge in [-0.25, -0.2) is 0 Å². The van der Waals surface area contributed by atoms with Crippen molar-refractivity contribution in [2.24, 2.45) is 5.41 Å². The van der Waals surface area contributed by atoms with Gasteiger partial charge >= 0.3 is 0 Å². The van der Waals surface area contributed by atoms with E-state index in [2.05, 4.69) is 24.0 Å². The normalized spacial score (nSPS) is 20.9. The number of hydrogen-bond donors (Lipinski definition) is 0. The maximum atomic E-state index is 11.0. The molecule has 1 fully saturated rings. The second kappa shape index (κ2) is 4.00. The van der Waals surface area contributed by atoms with Gasteiger partial charge in [0.15, 0.2) is 5.82 Å². The zero-order valence-corrected chi connectivity index (χ0v) is 10.1. The molecule has 2 rings (SSSR count). The molecule has 0 radical (unpaired) electrons. The van der Waals surface area contributed by atoms with Crippen LogP contribution in [0.1, 0.15) is 68.9 Å². The Morgan fingerprint density at radius 1 is 1.38 bits per heavy atom. The standard InChI is InChI=1S/C12H18N2O2/c1-8(15)11-13-10(14-16-11)9-4-6-12(2,3)7-5-9/h9H,4-7H2,1-3H3. The van der Waals surface area contributed by atoms with Crippen LogP contribution in [0, 0.1) is 5.41 Å². The summed E-state index contributed by atoms with van der Waals surface area (Å²) >= 11 is 0. The molecule has 0 unspecified atom stereocenters. The van der Waals surface area contributed by atoms with Crippen molar-refractivity contribution in [1.82, 2.24) is 10.1 Å². The number of hydrogen-bond acceptors (Lipinski definition) is 4. The molecule has 88 valence electrons. The molecule has 0 spiro atoms. The molecule has 1 aromatic rings. The predicted molar refractivity (Wildman–Crippen MR) is 59.3 cm³/mol. The van der Waals surface area contributed by atoms with Gasteiger partial charge < -0.3 is 4.52 Å². The first-order valence-corrected chi connectivity index (χ1v) is 5.82. The van der Waals surface area contributed by atoms with E-state index in [-0.39, 0.29) is 11.7 Å². The maximum Gasteiger partial charge on any atom is 0.293 e. The fraction of sp³-hybridized carbons (Fsp3) is 0.750. The van der Waals surface area contributed by atoms with Gasteiger partial charge in [-0.2, -0.15) is 4.98 Å². The van der Waals surface area contributed by atoms with Crippen LogP contribution in [-0.2, 0) is 0 Å². The van der Waals surface area contributed by atoms with E-state index in [0.29, 0.717) is 17.2 Å². The minimum Gasteiger partial charge on any atom is -0.331 e. The second-order valence-electron chi connectivity index (χ2n) is 5.45. The highest BCUT2D eigenvalue weighted by atomic mass is 16.5. The van der Waals surface area contributed by atoms with Crippen LogP contribution < -0.4 is 0 Å². The van der Waals surface area contributed by atoms with Crippen molar-refractivity contribution in [3.8, 4) is 0 Å². The summed E-state index contributed by atoms with van der Waals surface area (Å²) in [5, 5.41) is 3.90. The quantitative estimate of drug-likeness (QED) is 0.722. The van der Waals surface area contributed by atoms with E-state index in [0.717, 1.165) is 12.8 Å². The number of aromatic nitrogens is 2. The second-order valence-corrected chi connectivity index (χ2v) is 5.45. The fourth-order valence-electron chi connectivity index (χ4n) is 2.20. The van der Waals surface area contributed by atoms with Gasteiger partial charge in [0.2, 0.25) is 5.78 Å². The molecule has 0 aromatic carbocycles. The Hall–Kier alpha value is -1.19. The molecule has 1 aliphatic carbocycles. The molecule has 0 amide bonds. The molecule has 4 nitrogen and oxygen atoms in total. The maximum absolute atomic E-state index is 11.0. The Labute approximate surface area is 95.4 Å². The van der Waals surface area contributed by atoms with Crippen molar-refractivity contribution in [3.05, 3.63) is 11.7 Å². The summed E-state index contributed by atoms with van der Waals surface area (Å²) in [6, 6.07) is 0. The average molecular weight is 222 g/mol. The van der Waals surface area contributed by atoms with E-state index in [1.54, 1.807) is 0 Å². The summed E-state index contributed by atoms with van der Waals surface area (Å²) in [7, 11) is 0. The van der Waals surface area contributed by atoms with Crippen molar-refractivity contribution in [2.75, 3.05) is 0 Å². The van der Waals surface area contributed by atoms with Crippen molar-refractivity contribution in [1.29, 1.82) is 0 Å². The lowest BCUT2D eigenvalue weighted by molar-refractivity contribution is 0.0972. The predicted octanol–water partition coefficient (Wildman–Crippen LogP) is 2.96. The number of Topliss-reactive ketones (excluding diaryl/α,β-unsaturated/α-hetero) is 1. The molecule has 0 aliphatic heterocycles. The zero-order chi connectivity index (χ0) is 11.8. The highest BCUT2D eigenvalue weighted by Crippen LogP contribution is 2.41. The molecule has 0 saturated heterocycles. The molecule has 1 aliphatic rings. The Bertz CT molecular complexity index is 385. The van der Waals surface area contributed by atoms with Gasteiger partial charge in [0.25, 0.3) is 5.89 Å². The summed E-state index contributed by atoms with van der Waals surface area (Å²) in [5.74, 6) is 1.06. The Balaban J connectivity index is 2.05. The first-order valence-electron chi connectivity index (χ1n) is 5.82. The van der Waals surface area contributed by atoms with E-state index in [4.69, 9.17) is 4.52 Å². The number of rotatable bonds is 2. The average Bonchev–Trinajstić information content (AvgIpc) is 2.66. The molecule has 0 bridgehead atoms. The summed E-state index contributed by atoms with van der Waals surface area (Å²) in [5.41, 5.74) is 0.434. The van der Waals surface area contributed by atoms with Crippen molar-refractivity contribution < 1.29 is 9.32 Å². The molecule has 1 saturated carbocycles. The first-order chi connectivity index (χ1) is 7.48. The lowest BCUT2D eigenvalue weighted by atomic mass is 9.73. The Kier molecular flexibility index (Phi) is 2.82. The van der Waals surface area contributed by atoms with Crippen LogP contribution in [0.25, 0.3) is 0 Å². The van der Waals surface area contributed by atoms with Crippen LogP contribution in [0.2, 0.25) is 0 Å². The molecular formula is C12H18N2O2. The third-order valence-corrected chi connectivity index (χ3v) is 3.45. The monoisotopic (exact) mass is 222 g/mol. The fourth-order valence-corrected chi connectivity index (χ4v) is 2.20. The largest absolute Gasteiger partial charge is 0.331 e. The van der Waals surface area contributed by atoms with Crippen LogP contribution in [0.3, 0.4) is 0 Å². The van der Waals surface area contributed by atoms with E-state index < -0.39 is 0 Å². The highest BCUT2D eigenvalue weighted by Gasteiger charge is 2.30. The van der Waals surface area contributed by atoms with E-state index in [1.165, 1.54) is 19.8 Å². The lowest BCUT2D eigenvalue weighted by Gasteiger charge is -2.32. The zero-order valence-electron chi connectivity index (χ0n) is 10.1. The van der Waals surface area contributed by atoms with Gasteiger partial charge in [0.1, 0.15) is 0 Å². The third kappa shape index (κ3) is 2.31. The SMILES string of the molecule is CC(=O)c1nc(C2CCC(C)(C)CC2)no1. The minimum absolute atomic E-state index is 0.139. The van der Waals surface area contributed by atoms with Gasteiger partial charge in [-0.1, -0.05) is 19.0 Å². The van der Waals surface area contributed by atoms with Gasteiger partial charge in [0.05, 0.1) is 0 Å². The van der Waals surface area contributed by atoms with Gasteiger partial charge in [-0.3, -0.25) is 4.79 Å². The van der Waals surface area contributed by atoms with E-state index in [9.17, 15) is 4.79 Å².